The molecule has 0 aliphatic carbocycles. The molecular weight excluding hydrogens is 418 g/mol. The second-order valence-electron chi connectivity index (χ2n) is 8.23. The first-order valence-corrected chi connectivity index (χ1v) is 11.7. The predicted octanol–water partition coefficient (Wildman–Crippen LogP) is 6.96. The second kappa shape index (κ2) is 11.2. The lowest BCUT2D eigenvalue weighted by atomic mass is 9.97. The van der Waals surface area contributed by atoms with Crippen LogP contribution in [0.25, 0.3) is 16.8 Å². The van der Waals surface area contributed by atoms with Crippen LogP contribution in [0.2, 0.25) is 0 Å². The molecule has 0 spiro atoms. The van der Waals surface area contributed by atoms with Crippen LogP contribution in [0.5, 0.6) is 0 Å². The third-order valence-electron chi connectivity index (χ3n) is 5.75. The van der Waals surface area contributed by atoms with Crippen molar-refractivity contribution in [1.29, 1.82) is 0 Å². The summed E-state index contributed by atoms with van der Waals surface area (Å²) in [5.41, 5.74) is 3.80. The van der Waals surface area contributed by atoms with Crippen LogP contribution in [-0.2, 0) is 9.53 Å². The summed E-state index contributed by atoms with van der Waals surface area (Å²) < 4.78 is 5.43. The van der Waals surface area contributed by atoms with Gasteiger partial charge < -0.3 is 4.74 Å². The molecule has 0 aromatic heterocycles. The van der Waals surface area contributed by atoms with E-state index in [1.165, 1.54) is 10.8 Å². The van der Waals surface area contributed by atoms with Crippen LogP contribution < -0.4 is 0 Å². The van der Waals surface area contributed by atoms with Crippen molar-refractivity contribution in [2.45, 2.75) is 19.9 Å². The summed E-state index contributed by atoms with van der Waals surface area (Å²) in [5, 5.41) is 2.39. The van der Waals surface area contributed by atoms with Gasteiger partial charge in [-0.1, -0.05) is 116 Å². The van der Waals surface area contributed by atoms with Crippen molar-refractivity contribution in [3.05, 3.63) is 126 Å². The van der Waals surface area contributed by atoms with E-state index in [-0.39, 0.29) is 11.9 Å². The molecule has 0 fully saturated rings. The van der Waals surface area contributed by atoms with Crippen molar-refractivity contribution in [3.63, 3.8) is 0 Å². The molecule has 0 heterocycles. The Kier molecular flexibility index (Phi) is 7.67. The van der Waals surface area contributed by atoms with Gasteiger partial charge in [-0.25, -0.2) is 4.79 Å². The van der Waals surface area contributed by atoms with Crippen LogP contribution in [0.3, 0.4) is 0 Å². The topological polar surface area (TPSA) is 38.7 Å². The maximum Gasteiger partial charge on any atom is 0.331 e. The van der Waals surface area contributed by atoms with Crippen LogP contribution in [0.1, 0.15) is 30.5 Å². The Morgan fingerprint density at radius 1 is 0.824 bits per heavy atom. The van der Waals surface area contributed by atoms with Gasteiger partial charge in [-0.2, -0.15) is 0 Å². The first-order chi connectivity index (χ1) is 16.7. The lowest BCUT2D eigenvalue weighted by molar-refractivity contribution is -0.145. The van der Waals surface area contributed by atoms with Gasteiger partial charge >= 0.3 is 5.97 Å². The van der Waals surface area contributed by atoms with E-state index >= 15 is 0 Å². The smallest absolute Gasteiger partial charge is 0.331 e. The average molecular weight is 448 g/mol. The van der Waals surface area contributed by atoms with E-state index in [9.17, 15) is 4.79 Å². The first kappa shape index (κ1) is 23.2. The maximum atomic E-state index is 13.0. The minimum atomic E-state index is -0.660. The number of carbonyl (C=O) groups is 1. The molecule has 0 saturated heterocycles. The minimum Gasteiger partial charge on any atom is -0.464 e. The van der Waals surface area contributed by atoms with Crippen LogP contribution in [0.4, 0.5) is 0 Å². The molecule has 3 heteroatoms. The van der Waals surface area contributed by atoms with Crippen molar-refractivity contribution >= 4 is 28.5 Å². The highest BCUT2D eigenvalue weighted by Crippen LogP contribution is 2.21. The molecule has 0 amide bonds. The van der Waals surface area contributed by atoms with E-state index in [1.807, 2.05) is 92.7 Å². The highest BCUT2D eigenvalue weighted by molar-refractivity contribution is 6.13. The van der Waals surface area contributed by atoms with Crippen molar-refractivity contribution in [1.82, 2.24) is 0 Å². The molecule has 34 heavy (non-hydrogen) atoms. The largest absolute Gasteiger partial charge is 0.464 e. The number of esters is 1. The zero-order valence-corrected chi connectivity index (χ0v) is 19.6. The number of fused-ring (bicyclic) bond motifs is 1. The SMILES string of the molecule is CCOC(=O)[C@H](N=C(c1ccccc1)c1ccccc1)[C@H](C)/C=C/c1ccc2ccccc2c1. The molecule has 3 nitrogen and oxygen atoms in total. The predicted molar refractivity (Wildman–Crippen MR) is 141 cm³/mol. The lowest BCUT2D eigenvalue weighted by Gasteiger charge is -2.19. The molecule has 0 N–H and O–H groups in total. The number of benzene rings is 4. The summed E-state index contributed by atoms with van der Waals surface area (Å²) in [4.78, 5) is 18.0. The Morgan fingerprint density at radius 3 is 2.03 bits per heavy atom. The highest BCUT2D eigenvalue weighted by atomic mass is 16.5. The summed E-state index contributed by atoms with van der Waals surface area (Å²) >= 11 is 0. The van der Waals surface area contributed by atoms with E-state index in [1.54, 1.807) is 0 Å². The van der Waals surface area contributed by atoms with Gasteiger partial charge in [0, 0.05) is 17.0 Å². The molecule has 4 rings (SSSR count). The lowest BCUT2D eigenvalue weighted by Crippen LogP contribution is -2.29. The van der Waals surface area contributed by atoms with Gasteiger partial charge in [-0.15, -0.1) is 0 Å². The van der Waals surface area contributed by atoms with Gasteiger partial charge in [0.05, 0.1) is 12.3 Å². The van der Waals surface area contributed by atoms with Gasteiger partial charge in [-0.05, 0) is 29.3 Å². The molecule has 2 atom stereocenters. The molecule has 170 valence electrons. The number of ether oxygens (including phenoxy) is 1. The highest BCUT2D eigenvalue weighted by Gasteiger charge is 2.25. The zero-order chi connectivity index (χ0) is 23.8. The summed E-state index contributed by atoms with van der Waals surface area (Å²) in [6, 6.07) is 33.9. The molecule has 0 saturated carbocycles. The van der Waals surface area contributed by atoms with Crippen molar-refractivity contribution in [2.24, 2.45) is 10.9 Å². The fourth-order valence-electron chi connectivity index (χ4n) is 3.94. The zero-order valence-electron chi connectivity index (χ0n) is 19.6. The van der Waals surface area contributed by atoms with Gasteiger partial charge in [-0.3, -0.25) is 4.99 Å². The van der Waals surface area contributed by atoms with E-state index in [0.717, 1.165) is 22.4 Å². The molecule has 0 radical (unpaired) electrons. The normalized spacial score (nSPS) is 12.9. The molecular formula is C31H29NO2. The van der Waals surface area contributed by atoms with E-state index in [4.69, 9.17) is 9.73 Å². The Bertz CT molecular complexity index is 1250. The van der Waals surface area contributed by atoms with Crippen molar-refractivity contribution in [3.8, 4) is 0 Å². The van der Waals surface area contributed by atoms with Crippen molar-refractivity contribution < 1.29 is 9.53 Å². The fourth-order valence-corrected chi connectivity index (χ4v) is 3.94. The number of aliphatic imine (C=N–C) groups is 1. The summed E-state index contributed by atoms with van der Waals surface area (Å²) in [6.07, 6.45) is 4.10. The molecule has 0 unspecified atom stereocenters. The number of hydrogen-bond donors (Lipinski definition) is 0. The second-order valence-corrected chi connectivity index (χ2v) is 8.23. The van der Waals surface area contributed by atoms with Crippen LogP contribution in [-0.4, -0.2) is 24.3 Å². The Balaban J connectivity index is 1.70. The molecule has 0 aliphatic heterocycles. The fraction of sp³-hybridized carbons (Fsp3) is 0.161. The minimum absolute atomic E-state index is 0.159. The van der Waals surface area contributed by atoms with E-state index in [0.29, 0.717) is 6.61 Å². The standard InChI is InChI=1S/C31H29NO2/c1-3-34-31(33)29(23(2)18-19-24-20-21-25-12-10-11-17-28(25)22-24)32-30(26-13-6-4-7-14-26)27-15-8-5-9-16-27/h4-23,29H,3H2,1-2H3/b19-18+/t23-,29-/m1/s1. The Hall–Kier alpha value is -3.98. The summed E-state index contributed by atoms with van der Waals surface area (Å²) in [5.74, 6) is -0.476. The van der Waals surface area contributed by atoms with Gasteiger partial charge in [0.25, 0.3) is 0 Å². The average Bonchev–Trinajstić information content (AvgIpc) is 2.89. The molecule has 0 aliphatic rings. The first-order valence-electron chi connectivity index (χ1n) is 11.7. The van der Waals surface area contributed by atoms with E-state index in [2.05, 4.69) is 36.4 Å². The summed E-state index contributed by atoms with van der Waals surface area (Å²) in [6.45, 7) is 4.15. The monoisotopic (exact) mass is 447 g/mol. The third-order valence-corrected chi connectivity index (χ3v) is 5.75. The summed E-state index contributed by atoms with van der Waals surface area (Å²) in [7, 11) is 0. The number of nitrogens with zero attached hydrogens (tertiary/aromatic N) is 1. The maximum absolute atomic E-state index is 13.0. The Morgan fingerprint density at radius 2 is 1.41 bits per heavy atom. The Labute approximate surface area is 201 Å². The van der Waals surface area contributed by atoms with E-state index < -0.39 is 6.04 Å². The quantitative estimate of drug-likeness (QED) is 0.216. The van der Waals surface area contributed by atoms with Gasteiger partial charge in [0.1, 0.15) is 0 Å². The molecule has 0 bridgehead atoms. The van der Waals surface area contributed by atoms with Crippen LogP contribution in [0, 0.1) is 5.92 Å². The molecule has 4 aromatic rings. The number of carbonyl (C=O) groups excluding carboxylic acids is 1. The van der Waals surface area contributed by atoms with Crippen LogP contribution in [0.15, 0.2) is 114 Å². The van der Waals surface area contributed by atoms with Crippen LogP contribution >= 0.6 is 0 Å². The van der Waals surface area contributed by atoms with Gasteiger partial charge in [0.2, 0.25) is 0 Å². The van der Waals surface area contributed by atoms with Crippen molar-refractivity contribution in [2.75, 3.05) is 6.61 Å². The number of hydrogen-bond acceptors (Lipinski definition) is 3. The molecule has 4 aromatic carbocycles. The third kappa shape index (κ3) is 5.68. The van der Waals surface area contributed by atoms with Gasteiger partial charge in [0.15, 0.2) is 6.04 Å². The number of rotatable bonds is 8.